The number of aromatic nitrogens is 3. The molecule has 2 aromatic heterocycles. The molecule has 0 amide bonds. The fraction of sp³-hybridized carbons (Fsp3) is 0.294. The van der Waals surface area contributed by atoms with Crippen LogP contribution in [-0.2, 0) is 20.6 Å². The summed E-state index contributed by atoms with van der Waals surface area (Å²) in [4.78, 5) is 24.9. The molecule has 0 aliphatic heterocycles. The van der Waals surface area contributed by atoms with Gasteiger partial charge in [-0.2, -0.15) is 0 Å². The normalized spacial score (nSPS) is 11.3. The van der Waals surface area contributed by atoms with Crippen LogP contribution >= 0.6 is 11.6 Å². The summed E-state index contributed by atoms with van der Waals surface area (Å²) in [7, 11) is 3.19. The smallest absolute Gasteiger partial charge is 0.330 e. The highest BCUT2D eigenvalue weighted by Crippen LogP contribution is 2.29. The van der Waals surface area contributed by atoms with E-state index in [9.17, 15) is 9.59 Å². The van der Waals surface area contributed by atoms with Crippen molar-refractivity contribution in [2.24, 2.45) is 14.1 Å². The van der Waals surface area contributed by atoms with Gasteiger partial charge in [0.25, 0.3) is 5.56 Å². The molecule has 3 aromatic rings. The van der Waals surface area contributed by atoms with Gasteiger partial charge in [0.15, 0.2) is 0 Å². The summed E-state index contributed by atoms with van der Waals surface area (Å²) in [5.74, 6) is 0. The number of aryl methyl sites for hydroxylation is 2. The largest absolute Gasteiger partial charge is 0.345 e. The van der Waals surface area contributed by atoms with Crippen molar-refractivity contribution in [3.8, 4) is 11.3 Å². The van der Waals surface area contributed by atoms with Crippen LogP contribution in [0.4, 0.5) is 0 Å². The quantitative estimate of drug-likeness (QED) is 0.741. The molecule has 0 unspecified atom stereocenters. The molecule has 3 rings (SSSR count). The average molecular weight is 332 g/mol. The molecule has 0 atom stereocenters. The molecule has 23 heavy (non-hydrogen) atoms. The number of halogens is 1. The molecule has 0 aliphatic rings. The molecule has 0 saturated carbocycles. The minimum atomic E-state index is -0.321. The van der Waals surface area contributed by atoms with E-state index in [1.54, 1.807) is 19.2 Å². The number of hydrogen-bond acceptors (Lipinski definition) is 2. The predicted octanol–water partition coefficient (Wildman–Crippen LogP) is 2.77. The van der Waals surface area contributed by atoms with Gasteiger partial charge in [-0.3, -0.25) is 13.9 Å². The Bertz CT molecular complexity index is 994. The Morgan fingerprint density at radius 2 is 1.70 bits per heavy atom. The number of nitrogens with zero attached hydrogens (tertiary/aromatic N) is 3. The van der Waals surface area contributed by atoms with Crippen molar-refractivity contribution in [2.45, 2.75) is 19.9 Å². The van der Waals surface area contributed by atoms with Gasteiger partial charge in [0.2, 0.25) is 0 Å². The van der Waals surface area contributed by atoms with Gasteiger partial charge in [0, 0.05) is 31.9 Å². The van der Waals surface area contributed by atoms with E-state index in [0.717, 1.165) is 28.8 Å². The summed E-state index contributed by atoms with van der Waals surface area (Å²) >= 11 is 5.98. The van der Waals surface area contributed by atoms with Crippen molar-refractivity contribution in [1.29, 1.82) is 0 Å². The Morgan fingerprint density at radius 1 is 1.04 bits per heavy atom. The molecule has 0 bridgehead atoms. The second-order valence-electron chi connectivity index (χ2n) is 5.64. The number of rotatable bonds is 3. The first-order valence-corrected chi connectivity index (χ1v) is 7.88. The first-order valence-electron chi connectivity index (χ1n) is 7.50. The third-order valence-electron chi connectivity index (χ3n) is 4.09. The van der Waals surface area contributed by atoms with Gasteiger partial charge in [0.05, 0.1) is 16.6 Å². The van der Waals surface area contributed by atoms with Crippen LogP contribution in [0.1, 0.15) is 13.3 Å². The van der Waals surface area contributed by atoms with E-state index in [1.807, 2.05) is 22.9 Å². The molecule has 0 saturated heterocycles. The van der Waals surface area contributed by atoms with Crippen molar-refractivity contribution in [3.63, 3.8) is 0 Å². The summed E-state index contributed by atoms with van der Waals surface area (Å²) in [5.41, 5.74) is 1.79. The van der Waals surface area contributed by atoms with Gasteiger partial charge in [-0.1, -0.05) is 30.7 Å². The van der Waals surface area contributed by atoms with Crippen LogP contribution in [0.3, 0.4) is 0 Å². The fourth-order valence-electron chi connectivity index (χ4n) is 2.92. The fourth-order valence-corrected chi connectivity index (χ4v) is 3.05. The van der Waals surface area contributed by atoms with E-state index in [2.05, 4.69) is 6.92 Å². The van der Waals surface area contributed by atoms with E-state index in [0.29, 0.717) is 15.9 Å². The maximum atomic E-state index is 12.7. The van der Waals surface area contributed by atoms with Crippen LogP contribution in [0.15, 0.2) is 40.1 Å². The summed E-state index contributed by atoms with van der Waals surface area (Å²) in [6, 6.07) is 7.40. The van der Waals surface area contributed by atoms with Crippen LogP contribution in [0.2, 0.25) is 5.02 Å². The monoisotopic (exact) mass is 331 g/mol. The second kappa shape index (κ2) is 5.74. The maximum absolute atomic E-state index is 12.7. The van der Waals surface area contributed by atoms with Gasteiger partial charge in [0.1, 0.15) is 0 Å². The Kier molecular flexibility index (Phi) is 3.90. The van der Waals surface area contributed by atoms with Gasteiger partial charge in [-0.15, -0.1) is 0 Å². The minimum absolute atomic E-state index is 0.275. The Labute approximate surface area is 138 Å². The molecule has 2 heterocycles. The third kappa shape index (κ3) is 2.41. The van der Waals surface area contributed by atoms with Crippen LogP contribution in [0, 0.1) is 0 Å². The number of benzene rings is 1. The molecule has 0 fully saturated rings. The molecular weight excluding hydrogens is 314 g/mol. The van der Waals surface area contributed by atoms with E-state index in [-0.39, 0.29) is 11.2 Å². The molecule has 120 valence electrons. The first kappa shape index (κ1) is 15.6. The van der Waals surface area contributed by atoms with Crippen LogP contribution < -0.4 is 11.2 Å². The lowest BCUT2D eigenvalue weighted by Crippen LogP contribution is -2.36. The SMILES string of the molecule is CCCn1cc2c(c1-c1ccc(Cl)cc1)c(=O)n(C)c(=O)n2C. The van der Waals surface area contributed by atoms with Gasteiger partial charge in [-0.05, 0) is 24.1 Å². The molecule has 1 aromatic carbocycles. The second-order valence-corrected chi connectivity index (χ2v) is 6.08. The number of fused-ring (bicyclic) bond motifs is 1. The Hall–Kier alpha value is -2.27. The van der Waals surface area contributed by atoms with E-state index in [1.165, 1.54) is 11.6 Å². The van der Waals surface area contributed by atoms with E-state index < -0.39 is 0 Å². The first-order chi connectivity index (χ1) is 11.0. The van der Waals surface area contributed by atoms with Gasteiger partial charge in [-0.25, -0.2) is 4.79 Å². The molecular formula is C17H18ClN3O2. The predicted molar refractivity (Wildman–Crippen MR) is 93.2 cm³/mol. The minimum Gasteiger partial charge on any atom is -0.345 e. The van der Waals surface area contributed by atoms with Crippen molar-refractivity contribution < 1.29 is 0 Å². The van der Waals surface area contributed by atoms with Gasteiger partial charge >= 0.3 is 5.69 Å². The van der Waals surface area contributed by atoms with Crippen LogP contribution in [0.5, 0.6) is 0 Å². The van der Waals surface area contributed by atoms with Gasteiger partial charge < -0.3 is 4.57 Å². The van der Waals surface area contributed by atoms with Crippen molar-refractivity contribution in [2.75, 3.05) is 0 Å². The zero-order valence-corrected chi connectivity index (χ0v) is 14.1. The molecule has 0 N–H and O–H groups in total. The topological polar surface area (TPSA) is 48.9 Å². The maximum Gasteiger partial charge on any atom is 0.330 e. The van der Waals surface area contributed by atoms with Crippen molar-refractivity contribution in [3.05, 3.63) is 56.3 Å². The van der Waals surface area contributed by atoms with Crippen LogP contribution in [0.25, 0.3) is 22.2 Å². The average Bonchev–Trinajstić information content (AvgIpc) is 2.91. The highest BCUT2D eigenvalue weighted by Gasteiger charge is 2.18. The lowest BCUT2D eigenvalue weighted by atomic mass is 10.1. The highest BCUT2D eigenvalue weighted by molar-refractivity contribution is 6.30. The molecule has 0 radical (unpaired) electrons. The van der Waals surface area contributed by atoms with E-state index in [4.69, 9.17) is 11.6 Å². The standard InChI is InChI=1S/C17H18ClN3O2/c1-4-9-21-10-13-14(16(22)20(3)17(23)19(13)2)15(21)11-5-7-12(18)8-6-11/h5-8,10H,4,9H2,1-3H3. The Morgan fingerprint density at radius 3 is 2.30 bits per heavy atom. The van der Waals surface area contributed by atoms with Crippen molar-refractivity contribution >= 4 is 22.5 Å². The molecule has 5 nitrogen and oxygen atoms in total. The van der Waals surface area contributed by atoms with Crippen molar-refractivity contribution in [1.82, 2.24) is 13.7 Å². The molecule has 6 heteroatoms. The summed E-state index contributed by atoms with van der Waals surface area (Å²) in [6.45, 7) is 2.84. The summed E-state index contributed by atoms with van der Waals surface area (Å²) in [6.07, 6.45) is 2.81. The zero-order valence-electron chi connectivity index (χ0n) is 13.3. The lowest BCUT2D eigenvalue weighted by molar-refractivity contribution is 0.689. The lowest BCUT2D eigenvalue weighted by Gasteiger charge is -2.09. The molecule has 0 aliphatic carbocycles. The van der Waals surface area contributed by atoms with E-state index >= 15 is 0 Å². The number of hydrogen-bond donors (Lipinski definition) is 0. The Balaban J connectivity index is 2.48. The molecule has 0 spiro atoms. The summed E-state index contributed by atoms with van der Waals surface area (Å²) in [5, 5.41) is 1.21. The van der Waals surface area contributed by atoms with Crippen LogP contribution in [-0.4, -0.2) is 13.7 Å². The summed E-state index contributed by atoms with van der Waals surface area (Å²) < 4.78 is 4.70. The zero-order chi connectivity index (χ0) is 16.7. The highest BCUT2D eigenvalue weighted by atomic mass is 35.5. The third-order valence-corrected chi connectivity index (χ3v) is 4.35.